The monoisotopic (exact) mass is 266 g/mol. The zero-order chi connectivity index (χ0) is 13.2. The van der Waals surface area contributed by atoms with E-state index < -0.39 is 0 Å². The minimum absolute atomic E-state index is 0.509. The van der Waals surface area contributed by atoms with E-state index >= 15 is 0 Å². The lowest BCUT2D eigenvalue weighted by Gasteiger charge is -2.50. The van der Waals surface area contributed by atoms with E-state index in [1.54, 1.807) is 0 Å². The lowest BCUT2D eigenvalue weighted by Crippen LogP contribution is -2.59. The predicted molar refractivity (Wildman–Crippen MR) is 78.3 cm³/mol. The van der Waals surface area contributed by atoms with E-state index in [0.717, 1.165) is 24.5 Å². The van der Waals surface area contributed by atoms with Gasteiger partial charge in [0.05, 0.1) is 6.10 Å². The Bertz CT molecular complexity index is 280. The van der Waals surface area contributed by atoms with Crippen molar-refractivity contribution in [3.63, 3.8) is 0 Å². The molecular formula is C16H30N2O. The summed E-state index contributed by atoms with van der Waals surface area (Å²) in [7, 11) is 0. The Hall–Kier alpha value is -0.120. The molecule has 2 atom stereocenters. The van der Waals surface area contributed by atoms with Crippen molar-refractivity contribution in [1.82, 2.24) is 9.80 Å². The van der Waals surface area contributed by atoms with E-state index in [-0.39, 0.29) is 0 Å². The molecule has 110 valence electrons. The van der Waals surface area contributed by atoms with Gasteiger partial charge in [-0.2, -0.15) is 0 Å². The smallest absolute Gasteiger partial charge is 0.0702 e. The molecule has 4 aliphatic rings. The van der Waals surface area contributed by atoms with Gasteiger partial charge in [0.1, 0.15) is 0 Å². The molecule has 0 amide bonds. The van der Waals surface area contributed by atoms with Crippen LogP contribution in [0.1, 0.15) is 39.5 Å². The lowest BCUT2D eigenvalue weighted by molar-refractivity contribution is -0.0228. The minimum atomic E-state index is 0.509. The van der Waals surface area contributed by atoms with E-state index in [0.29, 0.717) is 6.10 Å². The average molecular weight is 266 g/mol. The molecule has 0 unspecified atom stereocenters. The van der Waals surface area contributed by atoms with Gasteiger partial charge in [-0.1, -0.05) is 13.8 Å². The number of hydrogen-bond donors (Lipinski definition) is 0. The molecule has 3 nitrogen and oxygen atoms in total. The van der Waals surface area contributed by atoms with E-state index in [1.165, 1.54) is 58.4 Å². The van der Waals surface area contributed by atoms with Gasteiger partial charge in [0, 0.05) is 32.3 Å². The molecule has 0 spiro atoms. The third kappa shape index (κ3) is 3.32. The van der Waals surface area contributed by atoms with Crippen LogP contribution in [-0.4, -0.2) is 61.3 Å². The van der Waals surface area contributed by atoms with Crippen molar-refractivity contribution < 1.29 is 4.74 Å². The van der Waals surface area contributed by atoms with Gasteiger partial charge in [0.2, 0.25) is 0 Å². The van der Waals surface area contributed by atoms with Crippen molar-refractivity contribution in [2.75, 3.05) is 39.3 Å². The maximum atomic E-state index is 5.88. The highest BCUT2D eigenvalue weighted by molar-refractivity contribution is 4.93. The van der Waals surface area contributed by atoms with Crippen LogP contribution in [0, 0.1) is 11.8 Å². The first-order chi connectivity index (χ1) is 9.22. The summed E-state index contributed by atoms with van der Waals surface area (Å²) in [6, 6.07) is 0.800. The summed E-state index contributed by atoms with van der Waals surface area (Å²) in [4.78, 5) is 5.45. The lowest BCUT2D eigenvalue weighted by atomic mass is 9.82. The predicted octanol–water partition coefficient (Wildman–Crippen LogP) is 2.22. The fourth-order valence-corrected chi connectivity index (χ4v) is 4.21. The van der Waals surface area contributed by atoms with Crippen LogP contribution < -0.4 is 0 Å². The fourth-order valence-electron chi connectivity index (χ4n) is 4.21. The van der Waals surface area contributed by atoms with Gasteiger partial charge < -0.3 is 9.64 Å². The zero-order valence-corrected chi connectivity index (χ0v) is 12.7. The first-order valence-electron chi connectivity index (χ1n) is 8.30. The summed E-state index contributed by atoms with van der Waals surface area (Å²) in [5.74, 6) is 1.71. The Morgan fingerprint density at radius 1 is 1.21 bits per heavy atom. The molecule has 4 fully saturated rings. The average Bonchev–Trinajstić information content (AvgIpc) is 2.92. The second-order valence-electron chi connectivity index (χ2n) is 7.19. The van der Waals surface area contributed by atoms with E-state index in [1.807, 2.05) is 0 Å². The van der Waals surface area contributed by atoms with Gasteiger partial charge in [-0.05, 0) is 50.6 Å². The summed E-state index contributed by atoms with van der Waals surface area (Å²) in [5.41, 5.74) is 0. The Labute approximate surface area is 118 Å². The maximum absolute atomic E-state index is 5.88. The van der Waals surface area contributed by atoms with Crippen molar-refractivity contribution in [2.24, 2.45) is 11.8 Å². The van der Waals surface area contributed by atoms with Crippen LogP contribution in [0.4, 0.5) is 0 Å². The standard InChI is InChI=1S/C16H30N2O/c1-13(2)10-18(11-15-4-3-9-19-15)16-12-17-7-5-14(16)6-8-17/h13-16H,3-12H2,1-2H3/t15-,16-/m1/s1. The van der Waals surface area contributed by atoms with E-state index in [2.05, 4.69) is 23.6 Å². The Morgan fingerprint density at radius 3 is 2.53 bits per heavy atom. The molecule has 0 aliphatic carbocycles. The number of hydrogen-bond acceptors (Lipinski definition) is 3. The van der Waals surface area contributed by atoms with Gasteiger partial charge in [-0.15, -0.1) is 0 Å². The van der Waals surface area contributed by atoms with Gasteiger partial charge in [0.25, 0.3) is 0 Å². The molecule has 3 heteroatoms. The molecule has 0 aromatic rings. The Balaban J connectivity index is 1.63. The molecular weight excluding hydrogens is 236 g/mol. The number of rotatable bonds is 5. The molecule has 0 radical (unpaired) electrons. The van der Waals surface area contributed by atoms with Gasteiger partial charge in [-0.25, -0.2) is 0 Å². The molecule has 4 saturated heterocycles. The highest BCUT2D eigenvalue weighted by atomic mass is 16.5. The van der Waals surface area contributed by atoms with Crippen LogP contribution in [0.5, 0.6) is 0 Å². The van der Waals surface area contributed by atoms with Crippen LogP contribution in [-0.2, 0) is 4.74 Å². The molecule has 2 bridgehead atoms. The molecule has 19 heavy (non-hydrogen) atoms. The van der Waals surface area contributed by atoms with Crippen LogP contribution in [0.2, 0.25) is 0 Å². The molecule has 4 heterocycles. The highest BCUT2D eigenvalue weighted by Crippen LogP contribution is 2.32. The van der Waals surface area contributed by atoms with Crippen LogP contribution in [0.3, 0.4) is 0 Å². The first-order valence-corrected chi connectivity index (χ1v) is 8.30. The highest BCUT2D eigenvalue weighted by Gasteiger charge is 2.38. The zero-order valence-electron chi connectivity index (χ0n) is 12.7. The van der Waals surface area contributed by atoms with Gasteiger partial charge >= 0.3 is 0 Å². The Kier molecular flexibility index (Phi) is 4.45. The summed E-state index contributed by atoms with van der Waals surface area (Å²) < 4.78 is 5.88. The van der Waals surface area contributed by atoms with E-state index in [9.17, 15) is 0 Å². The molecule has 0 aromatic carbocycles. The number of ether oxygens (including phenoxy) is 1. The van der Waals surface area contributed by atoms with Crippen LogP contribution >= 0.6 is 0 Å². The fraction of sp³-hybridized carbons (Fsp3) is 1.00. The quantitative estimate of drug-likeness (QED) is 0.759. The second kappa shape index (κ2) is 6.11. The summed E-state index contributed by atoms with van der Waals surface area (Å²) in [5, 5.41) is 0. The summed E-state index contributed by atoms with van der Waals surface area (Å²) in [6.07, 6.45) is 5.89. The van der Waals surface area contributed by atoms with Crippen molar-refractivity contribution in [2.45, 2.75) is 51.7 Å². The molecule has 4 rings (SSSR count). The van der Waals surface area contributed by atoms with Crippen molar-refractivity contribution >= 4 is 0 Å². The molecule has 4 aliphatic heterocycles. The van der Waals surface area contributed by atoms with Crippen molar-refractivity contribution in [3.8, 4) is 0 Å². The maximum Gasteiger partial charge on any atom is 0.0702 e. The van der Waals surface area contributed by atoms with E-state index in [4.69, 9.17) is 4.74 Å². The topological polar surface area (TPSA) is 15.7 Å². The largest absolute Gasteiger partial charge is 0.377 e. The molecule has 0 N–H and O–H groups in total. The van der Waals surface area contributed by atoms with Gasteiger partial charge in [-0.3, -0.25) is 4.90 Å². The van der Waals surface area contributed by atoms with Crippen LogP contribution in [0.25, 0.3) is 0 Å². The normalized spacial score (nSPS) is 38.5. The SMILES string of the molecule is CC(C)CN(C[C@H]1CCCO1)[C@@H]1CN2CCC1CC2. The number of nitrogens with zero attached hydrogens (tertiary/aromatic N) is 2. The third-order valence-corrected chi connectivity index (χ3v) is 5.15. The second-order valence-corrected chi connectivity index (χ2v) is 7.19. The summed E-state index contributed by atoms with van der Waals surface area (Å²) >= 11 is 0. The Morgan fingerprint density at radius 2 is 2.00 bits per heavy atom. The minimum Gasteiger partial charge on any atom is -0.377 e. The van der Waals surface area contributed by atoms with Crippen molar-refractivity contribution in [3.05, 3.63) is 0 Å². The third-order valence-electron chi connectivity index (χ3n) is 5.15. The number of piperidine rings is 3. The molecule has 0 saturated carbocycles. The van der Waals surface area contributed by atoms with Crippen LogP contribution in [0.15, 0.2) is 0 Å². The molecule has 0 aromatic heterocycles. The first kappa shape index (κ1) is 13.8. The van der Waals surface area contributed by atoms with Crippen molar-refractivity contribution in [1.29, 1.82) is 0 Å². The van der Waals surface area contributed by atoms with Gasteiger partial charge in [0.15, 0.2) is 0 Å². The summed E-state index contributed by atoms with van der Waals surface area (Å²) in [6.45, 7) is 12.1. The number of fused-ring (bicyclic) bond motifs is 3.